The van der Waals surface area contributed by atoms with E-state index in [1.54, 1.807) is 12.1 Å². The summed E-state index contributed by atoms with van der Waals surface area (Å²) in [5, 5.41) is 2.97. The van der Waals surface area contributed by atoms with Crippen LogP contribution in [0, 0.1) is 6.92 Å². The van der Waals surface area contributed by atoms with E-state index in [2.05, 4.69) is 10.2 Å². The Bertz CT molecular complexity index is 1010. The van der Waals surface area contributed by atoms with Gasteiger partial charge in [0.25, 0.3) is 5.91 Å². The molecule has 1 aliphatic rings. The molecule has 0 bridgehead atoms. The van der Waals surface area contributed by atoms with Gasteiger partial charge in [-0.1, -0.05) is 18.2 Å². The summed E-state index contributed by atoms with van der Waals surface area (Å²) in [6.45, 7) is 8.51. The number of nitrogens with one attached hydrogen (secondary N) is 1. The van der Waals surface area contributed by atoms with Crippen molar-refractivity contribution in [2.24, 2.45) is 0 Å². The quantitative estimate of drug-likeness (QED) is 0.709. The lowest BCUT2D eigenvalue weighted by molar-refractivity contribution is 0.0939. The molecule has 1 atom stereocenters. The molecule has 0 spiro atoms. The van der Waals surface area contributed by atoms with Gasteiger partial charge in [0, 0.05) is 31.7 Å². The van der Waals surface area contributed by atoms with Crippen LogP contribution in [-0.2, 0) is 10.0 Å². The van der Waals surface area contributed by atoms with Gasteiger partial charge in [0.1, 0.15) is 5.75 Å². The van der Waals surface area contributed by atoms with Crippen LogP contribution in [0.2, 0.25) is 0 Å². The van der Waals surface area contributed by atoms with Gasteiger partial charge in [-0.05, 0) is 63.2 Å². The molecular formula is C23H31N3O4S. The zero-order valence-corrected chi connectivity index (χ0v) is 19.4. The fourth-order valence-corrected chi connectivity index (χ4v) is 5.01. The van der Waals surface area contributed by atoms with Crippen LogP contribution in [0.5, 0.6) is 5.75 Å². The minimum Gasteiger partial charge on any atom is -0.494 e. The normalized spacial score (nSPS) is 16.6. The van der Waals surface area contributed by atoms with Crippen LogP contribution in [0.15, 0.2) is 47.4 Å². The highest BCUT2D eigenvalue weighted by molar-refractivity contribution is 7.89. The topological polar surface area (TPSA) is 78.9 Å². The Labute approximate surface area is 185 Å². The highest BCUT2D eigenvalue weighted by atomic mass is 32.2. The highest BCUT2D eigenvalue weighted by Gasteiger charge is 2.28. The number of amides is 1. The number of nitrogens with zero attached hydrogens (tertiary/aromatic N) is 2. The summed E-state index contributed by atoms with van der Waals surface area (Å²) in [5.74, 6) is 0.483. The molecular weight excluding hydrogens is 414 g/mol. The van der Waals surface area contributed by atoms with Crippen molar-refractivity contribution in [3.05, 3.63) is 59.2 Å². The van der Waals surface area contributed by atoms with Crippen LogP contribution in [0.3, 0.4) is 0 Å². The van der Waals surface area contributed by atoms with Crippen LogP contribution in [-0.4, -0.2) is 63.4 Å². The Morgan fingerprint density at radius 2 is 1.74 bits per heavy atom. The van der Waals surface area contributed by atoms with Gasteiger partial charge in [0.05, 0.1) is 17.5 Å². The number of aryl methyl sites for hydroxylation is 1. The smallest absolute Gasteiger partial charge is 0.252 e. The molecule has 1 aliphatic heterocycles. The second-order valence-corrected chi connectivity index (χ2v) is 9.82. The van der Waals surface area contributed by atoms with Crippen molar-refractivity contribution in [3.8, 4) is 5.75 Å². The van der Waals surface area contributed by atoms with Gasteiger partial charge in [-0.3, -0.25) is 4.79 Å². The van der Waals surface area contributed by atoms with Crippen LogP contribution < -0.4 is 10.1 Å². The Hall–Kier alpha value is -2.42. The molecule has 0 aliphatic carbocycles. The predicted octanol–water partition coefficient (Wildman–Crippen LogP) is 2.82. The molecule has 0 radical (unpaired) electrons. The van der Waals surface area contributed by atoms with Gasteiger partial charge in [-0.15, -0.1) is 0 Å². The third-order valence-electron chi connectivity index (χ3n) is 5.59. The number of carbonyl (C=O) groups excluding carboxylic acids is 1. The summed E-state index contributed by atoms with van der Waals surface area (Å²) in [6, 6.07) is 12.1. The number of piperazine rings is 1. The van der Waals surface area contributed by atoms with Crippen LogP contribution in [0.4, 0.5) is 0 Å². The van der Waals surface area contributed by atoms with Gasteiger partial charge in [0.15, 0.2) is 0 Å². The zero-order chi connectivity index (χ0) is 22.6. The second-order valence-electron chi connectivity index (χ2n) is 7.88. The van der Waals surface area contributed by atoms with Gasteiger partial charge in [-0.25, -0.2) is 8.42 Å². The summed E-state index contributed by atoms with van der Waals surface area (Å²) in [6.07, 6.45) is 0. The summed E-state index contributed by atoms with van der Waals surface area (Å²) < 4.78 is 33.1. The molecule has 1 saturated heterocycles. The first kappa shape index (κ1) is 23.2. The van der Waals surface area contributed by atoms with Crippen molar-refractivity contribution in [2.75, 3.05) is 39.8 Å². The number of benzene rings is 2. The summed E-state index contributed by atoms with van der Waals surface area (Å²) in [5.41, 5.74) is 2.04. The fourth-order valence-electron chi connectivity index (χ4n) is 3.56. The SMILES string of the molecule is CCOc1ccc([C@H](C)NC(=O)c2cc(S(=O)(=O)N3CCN(C)CC3)ccc2C)cc1. The van der Waals surface area contributed by atoms with E-state index in [0.29, 0.717) is 38.3 Å². The van der Waals surface area contributed by atoms with Crippen LogP contribution >= 0.6 is 0 Å². The molecule has 1 heterocycles. The monoisotopic (exact) mass is 445 g/mol. The summed E-state index contributed by atoms with van der Waals surface area (Å²) in [4.78, 5) is 15.2. The molecule has 0 unspecified atom stereocenters. The lowest BCUT2D eigenvalue weighted by Gasteiger charge is -2.31. The van der Waals surface area contributed by atoms with E-state index >= 15 is 0 Å². The molecule has 0 saturated carbocycles. The number of likely N-dealkylation sites (N-methyl/N-ethyl adjacent to an activating group) is 1. The first-order valence-electron chi connectivity index (χ1n) is 10.6. The minimum atomic E-state index is -3.64. The Morgan fingerprint density at radius 1 is 1.10 bits per heavy atom. The highest BCUT2D eigenvalue weighted by Crippen LogP contribution is 2.22. The van der Waals surface area contributed by atoms with Gasteiger partial charge < -0.3 is 15.0 Å². The lowest BCUT2D eigenvalue weighted by Crippen LogP contribution is -2.47. The summed E-state index contributed by atoms with van der Waals surface area (Å²) >= 11 is 0. The third-order valence-corrected chi connectivity index (χ3v) is 7.49. The maximum Gasteiger partial charge on any atom is 0.252 e. The molecule has 2 aromatic rings. The van der Waals surface area contributed by atoms with Gasteiger partial charge in [0.2, 0.25) is 10.0 Å². The molecule has 168 valence electrons. The lowest BCUT2D eigenvalue weighted by atomic mass is 10.1. The number of ether oxygens (including phenoxy) is 1. The van der Waals surface area contributed by atoms with Gasteiger partial charge >= 0.3 is 0 Å². The second kappa shape index (κ2) is 9.80. The largest absolute Gasteiger partial charge is 0.494 e. The Balaban J connectivity index is 1.76. The van der Waals surface area contributed by atoms with E-state index in [0.717, 1.165) is 16.9 Å². The van der Waals surface area contributed by atoms with E-state index in [4.69, 9.17) is 4.74 Å². The molecule has 1 fully saturated rings. The predicted molar refractivity (Wildman–Crippen MR) is 121 cm³/mol. The fraction of sp³-hybridized carbons (Fsp3) is 0.435. The third kappa shape index (κ3) is 5.44. The maximum absolute atomic E-state index is 13.1. The van der Waals surface area contributed by atoms with Gasteiger partial charge in [-0.2, -0.15) is 4.31 Å². The molecule has 1 N–H and O–H groups in total. The number of hydrogen-bond acceptors (Lipinski definition) is 5. The van der Waals surface area contributed by atoms with Crippen molar-refractivity contribution in [2.45, 2.75) is 31.7 Å². The first-order chi connectivity index (χ1) is 14.7. The van der Waals surface area contributed by atoms with E-state index < -0.39 is 10.0 Å². The maximum atomic E-state index is 13.1. The average molecular weight is 446 g/mol. The van der Waals surface area contributed by atoms with Crippen molar-refractivity contribution in [1.82, 2.24) is 14.5 Å². The minimum absolute atomic E-state index is 0.154. The average Bonchev–Trinajstić information content (AvgIpc) is 2.75. The molecule has 2 aromatic carbocycles. The van der Waals surface area contributed by atoms with E-state index in [1.807, 2.05) is 52.1 Å². The van der Waals surface area contributed by atoms with Crippen LogP contribution in [0.25, 0.3) is 0 Å². The Kier molecular flexibility index (Phi) is 7.35. The van der Waals surface area contributed by atoms with Crippen molar-refractivity contribution >= 4 is 15.9 Å². The van der Waals surface area contributed by atoms with E-state index in [-0.39, 0.29) is 16.8 Å². The number of sulfonamides is 1. The van der Waals surface area contributed by atoms with Crippen molar-refractivity contribution < 1.29 is 17.9 Å². The molecule has 0 aromatic heterocycles. The molecule has 3 rings (SSSR count). The van der Waals surface area contributed by atoms with E-state index in [1.165, 1.54) is 10.4 Å². The number of hydrogen-bond donors (Lipinski definition) is 1. The standard InChI is InChI=1S/C23H31N3O4S/c1-5-30-20-9-7-19(8-10-20)18(3)24-23(27)22-16-21(11-6-17(22)2)31(28,29)26-14-12-25(4)13-15-26/h6-11,16,18H,5,12-15H2,1-4H3,(H,24,27)/t18-/m0/s1. The van der Waals surface area contributed by atoms with Crippen molar-refractivity contribution in [1.29, 1.82) is 0 Å². The number of rotatable bonds is 7. The molecule has 7 nitrogen and oxygen atoms in total. The molecule has 1 amide bonds. The molecule has 8 heteroatoms. The number of carbonyl (C=O) groups is 1. The van der Waals surface area contributed by atoms with E-state index in [9.17, 15) is 13.2 Å². The van der Waals surface area contributed by atoms with Crippen LogP contribution in [0.1, 0.15) is 41.4 Å². The summed E-state index contributed by atoms with van der Waals surface area (Å²) in [7, 11) is -1.66. The van der Waals surface area contributed by atoms with Crippen molar-refractivity contribution in [3.63, 3.8) is 0 Å². The first-order valence-corrected chi connectivity index (χ1v) is 12.0. The molecule has 31 heavy (non-hydrogen) atoms. The Morgan fingerprint density at radius 3 is 2.35 bits per heavy atom. The zero-order valence-electron chi connectivity index (χ0n) is 18.6.